The molecule has 1 aliphatic heterocycles. The first-order valence-corrected chi connectivity index (χ1v) is 12.8. The Morgan fingerprint density at radius 2 is 1.91 bits per heavy atom. The molecule has 3 fully saturated rings. The number of hydrogen-bond donors (Lipinski definition) is 1. The van der Waals surface area contributed by atoms with E-state index in [9.17, 15) is 17.6 Å². The van der Waals surface area contributed by atoms with Gasteiger partial charge in [-0.1, -0.05) is 0 Å². The highest BCUT2D eigenvalue weighted by molar-refractivity contribution is 7.91. The number of nitrogens with one attached hydrogen (secondary N) is 1. The minimum absolute atomic E-state index is 0.0488. The van der Waals surface area contributed by atoms with Crippen molar-refractivity contribution in [1.82, 2.24) is 9.71 Å². The van der Waals surface area contributed by atoms with Crippen molar-refractivity contribution in [2.45, 2.75) is 55.8 Å². The van der Waals surface area contributed by atoms with Crippen molar-refractivity contribution in [3.05, 3.63) is 53.2 Å². The number of aromatic nitrogens is 1. The van der Waals surface area contributed by atoms with Crippen molar-refractivity contribution in [1.29, 1.82) is 0 Å². The number of amides is 1. The van der Waals surface area contributed by atoms with E-state index >= 15 is 4.39 Å². The van der Waals surface area contributed by atoms with Crippen LogP contribution in [-0.4, -0.2) is 43.8 Å². The highest BCUT2D eigenvalue weighted by atomic mass is 32.2. The Kier molecular flexibility index (Phi) is 5.72. The van der Waals surface area contributed by atoms with E-state index in [2.05, 4.69) is 4.98 Å². The number of hydrogen-bond acceptors (Lipinski definition) is 6. The highest BCUT2D eigenvalue weighted by Gasteiger charge is 2.38. The van der Waals surface area contributed by atoms with Gasteiger partial charge in [-0.2, -0.15) is 0 Å². The number of sulfonamides is 1. The lowest BCUT2D eigenvalue weighted by molar-refractivity contribution is 0.0974. The van der Waals surface area contributed by atoms with Gasteiger partial charge in [-0.05, 0) is 74.3 Å². The third kappa shape index (κ3) is 4.95. The lowest BCUT2D eigenvalue weighted by Crippen LogP contribution is -2.41. The van der Waals surface area contributed by atoms with Crippen LogP contribution in [-0.2, 0) is 10.0 Å². The van der Waals surface area contributed by atoms with Crippen LogP contribution in [0.4, 0.5) is 14.6 Å². The molecule has 33 heavy (non-hydrogen) atoms. The van der Waals surface area contributed by atoms with Gasteiger partial charge in [-0.25, -0.2) is 26.9 Å². The third-order valence-corrected chi connectivity index (χ3v) is 8.08. The molecule has 10 heteroatoms. The van der Waals surface area contributed by atoms with E-state index in [1.807, 2.05) is 9.62 Å². The molecule has 1 saturated heterocycles. The molecule has 7 nitrogen and oxygen atoms in total. The van der Waals surface area contributed by atoms with Crippen LogP contribution in [0.3, 0.4) is 0 Å². The second kappa shape index (κ2) is 8.55. The van der Waals surface area contributed by atoms with E-state index in [0.29, 0.717) is 31.6 Å². The Morgan fingerprint density at radius 1 is 1.12 bits per heavy atom. The number of ether oxygens (including phenoxy) is 1. The maximum absolute atomic E-state index is 15.3. The first kappa shape index (κ1) is 22.1. The average Bonchev–Trinajstić information content (AvgIpc) is 3.68. The van der Waals surface area contributed by atoms with Gasteiger partial charge in [-0.15, -0.1) is 0 Å². The Balaban J connectivity index is 1.37. The lowest BCUT2D eigenvalue weighted by Gasteiger charge is -2.33. The number of anilines is 1. The summed E-state index contributed by atoms with van der Waals surface area (Å²) < 4.78 is 61.0. The molecule has 1 aromatic heterocycles. The van der Waals surface area contributed by atoms with Crippen molar-refractivity contribution >= 4 is 21.7 Å². The van der Waals surface area contributed by atoms with Gasteiger partial charge in [0.15, 0.2) is 11.6 Å². The van der Waals surface area contributed by atoms with Gasteiger partial charge < -0.3 is 9.64 Å². The molecule has 0 bridgehead atoms. The maximum Gasteiger partial charge on any atom is 0.267 e. The summed E-state index contributed by atoms with van der Waals surface area (Å²) >= 11 is 0. The van der Waals surface area contributed by atoms with Crippen LogP contribution >= 0.6 is 0 Å². The SMILES string of the molecule is O=C(NS(=O)(=O)C1CC1)c1cc(C2CC2)cc(OC2CCCN(c3ccc(F)cn3)C2)c1F. The zero-order chi connectivity index (χ0) is 23.2. The largest absolute Gasteiger partial charge is 0.485 e. The van der Waals surface area contributed by atoms with Crippen molar-refractivity contribution in [3.63, 3.8) is 0 Å². The van der Waals surface area contributed by atoms with Crippen LogP contribution in [0.25, 0.3) is 0 Å². The van der Waals surface area contributed by atoms with E-state index in [1.54, 1.807) is 12.1 Å². The summed E-state index contributed by atoms with van der Waals surface area (Å²) in [6, 6.07) is 5.99. The quantitative estimate of drug-likeness (QED) is 0.657. The summed E-state index contributed by atoms with van der Waals surface area (Å²) in [6.45, 7) is 1.15. The average molecular weight is 478 g/mol. The number of pyridine rings is 1. The maximum atomic E-state index is 15.3. The summed E-state index contributed by atoms with van der Waals surface area (Å²) in [5.41, 5.74) is 0.458. The zero-order valence-electron chi connectivity index (χ0n) is 18.0. The van der Waals surface area contributed by atoms with Crippen LogP contribution in [0.15, 0.2) is 30.5 Å². The minimum atomic E-state index is -3.80. The molecule has 2 aromatic rings. The van der Waals surface area contributed by atoms with E-state index < -0.39 is 32.8 Å². The Bertz CT molecular complexity index is 1160. The van der Waals surface area contributed by atoms with Gasteiger partial charge in [0.05, 0.1) is 23.6 Å². The monoisotopic (exact) mass is 477 g/mol. The van der Waals surface area contributed by atoms with E-state index in [4.69, 9.17) is 4.74 Å². The molecule has 1 amide bonds. The third-order valence-electron chi connectivity index (χ3n) is 6.26. The zero-order valence-corrected chi connectivity index (χ0v) is 18.8. The summed E-state index contributed by atoms with van der Waals surface area (Å²) in [4.78, 5) is 18.7. The molecule has 0 spiro atoms. The van der Waals surface area contributed by atoms with Crippen molar-refractivity contribution < 1.29 is 26.7 Å². The smallest absolute Gasteiger partial charge is 0.267 e. The summed E-state index contributed by atoms with van der Waals surface area (Å²) in [6.07, 6.45) is 5.12. The Hall–Kier alpha value is -2.75. The molecule has 3 aliphatic rings. The first-order chi connectivity index (χ1) is 15.8. The number of benzene rings is 1. The molecule has 2 heterocycles. The fraction of sp³-hybridized carbons (Fsp3) is 0.478. The standard InChI is InChI=1S/C23H25F2N3O4S/c24-16-5-8-21(26-12-16)28-9-1-2-17(13-28)32-20-11-15(14-3-4-14)10-19(22(20)25)23(29)27-33(30,31)18-6-7-18/h5,8,10-12,14,17-18H,1-4,6-7,9,13H2,(H,27,29). The van der Waals surface area contributed by atoms with Gasteiger partial charge in [-0.3, -0.25) is 4.79 Å². The molecule has 1 N–H and O–H groups in total. The van der Waals surface area contributed by atoms with Gasteiger partial charge in [0.1, 0.15) is 17.7 Å². The van der Waals surface area contributed by atoms with E-state index in [1.165, 1.54) is 12.1 Å². The summed E-state index contributed by atoms with van der Waals surface area (Å²) in [5, 5.41) is -0.583. The second-order valence-electron chi connectivity index (χ2n) is 8.99. The fourth-order valence-corrected chi connectivity index (χ4v) is 5.44. The lowest BCUT2D eigenvalue weighted by atomic mass is 10.0. The molecular formula is C23H25F2N3O4S. The summed E-state index contributed by atoms with van der Waals surface area (Å²) in [5.74, 6) is -1.47. The predicted molar refractivity (Wildman–Crippen MR) is 118 cm³/mol. The topological polar surface area (TPSA) is 88.6 Å². The van der Waals surface area contributed by atoms with E-state index in [-0.39, 0.29) is 23.3 Å². The van der Waals surface area contributed by atoms with Crippen LogP contribution in [0.5, 0.6) is 5.75 Å². The van der Waals surface area contributed by atoms with Crippen molar-refractivity contribution in [3.8, 4) is 5.75 Å². The molecule has 1 aromatic carbocycles. The molecular weight excluding hydrogens is 452 g/mol. The molecule has 1 unspecified atom stereocenters. The van der Waals surface area contributed by atoms with Gasteiger partial charge >= 0.3 is 0 Å². The molecule has 176 valence electrons. The number of carbonyl (C=O) groups is 1. The van der Waals surface area contributed by atoms with Crippen LogP contribution < -0.4 is 14.4 Å². The molecule has 5 rings (SSSR count). The number of carbonyl (C=O) groups excluding carboxylic acids is 1. The number of rotatable bonds is 7. The van der Waals surface area contributed by atoms with Crippen molar-refractivity contribution in [2.24, 2.45) is 0 Å². The molecule has 0 radical (unpaired) electrons. The van der Waals surface area contributed by atoms with Gasteiger partial charge in [0.25, 0.3) is 5.91 Å². The molecule has 2 saturated carbocycles. The van der Waals surface area contributed by atoms with Crippen LogP contribution in [0.2, 0.25) is 0 Å². The second-order valence-corrected chi connectivity index (χ2v) is 11.0. The van der Waals surface area contributed by atoms with Gasteiger partial charge in [0.2, 0.25) is 10.0 Å². The first-order valence-electron chi connectivity index (χ1n) is 11.2. The van der Waals surface area contributed by atoms with Crippen molar-refractivity contribution in [2.75, 3.05) is 18.0 Å². The number of halogens is 2. The van der Waals surface area contributed by atoms with E-state index in [0.717, 1.165) is 37.6 Å². The minimum Gasteiger partial charge on any atom is -0.485 e. The molecule has 2 aliphatic carbocycles. The normalized spacial score (nSPS) is 21.0. The van der Waals surface area contributed by atoms with Crippen LogP contribution in [0.1, 0.15) is 60.4 Å². The highest BCUT2D eigenvalue weighted by Crippen LogP contribution is 2.42. The predicted octanol–water partition coefficient (Wildman–Crippen LogP) is 3.51. The fourth-order valence-electron chi connectivity index (χ4n) is 4.15. The van der Waals surface area contributed by atoms with Crippen LogP contribution in [0, 0.1) is 11.6 Å². The summed E-state index contributed by atoms with van der Waals surface area (Å²) in [7, 11) is -3.80. The number of piperidine rings is 1. The Labute approximate surface area is 191 Å². The molecule has 1 atom stereocenters. The Morgan fingerprint density at radius 3 is 2.58 bits per heavy atom. The van der Waals surface area contributed by atoms with Gasteiger partial charge in [0, 0.05) is 6.54 Å². The number of nitrogens with zero attached hydrogens (tertiary/aromatic N) is 2.